The van der Waals surface area contributed by atoms with Gasteiger partial charge in [-0.3, -0.25) is 4.79 Å². The number of imidazole rings is 1. The molecule has 3 heterocycles. The minimum atomic E-state index is 0.00439. The number of ether oxygens (including phenoxy) is 1. The third-order valence-corrected chi connectivity index (χ3v) is 4.98. The van der Waals surface area contributed by atoms with E-state index in [1.165, 1.54) is 18.5 Å². The van der Waals surface area contributed by atoms with Crippen molar-refractivity contribution in [1.29, 1.82) is 0 Å². The molecule has 2 aromatic heterocycles. The van der Waals surface area contributed by atoms with Crippen molar-refractivity contribution in [1.82, 2.24) is 14.5 Å². The summed E-state index contributed by atoms with van der Waals surface area (Å²) >= 11 is 0. The molecule has 1 unspecified atom stereocenters. The molecule has 0 aromatic carbocycles. The highest BCUT2D eigenvalue weighted by atomic mass is 16.5. The van der Waals surface area contributed by atoms with Gasteiger partial charge in [-0.25, -0.2) is 4.98 Å². The Hall–Kier alpha value is -2.08. The predicted octanol–water partition coefficient (Wildman–Crippen LogP) is 2.49. The fourth-order valence-corrected chi connectivity index (χ4v) is 3.46. The van der Waals surface area contributed by atoms with Crippen LogP contribution in [0.2, 0.25) is 0 Å². The van der Waals surface area contributed by atoms with Gasteiger partial charge >= 0.3 is 0 Å². The summed E-state index contributed by atoms with van der Waals surface area (Å²) in [5, 5.41) is 0. The van der Waals surface area contributed by atoms with Gasteiger partial charge in [0.25, 0.3) is 5.91 Å². The highest BCUT2D eigenvalue weighted by Gasteiger charge is 2.33. The van der Waals surface area contributed by atoms with Gasteiger partial charge in [-0.15, -0.1) is 0 Å². The van der Waals surface area contributed by atoms with Crippen LogP contribution < -0.4 is 0 Å². The summed E-state index contributed by atoms with van der Waals surface area (Å²) < 4.78 is 13.3. The monoisotopic (exact) mass is 329 g/mol. The topological polar surface area (TPSA) is 60.5 Å². The Morgan fingerprint density at radius 3 is 2.96 bits per heavy atom. The molecule has 1 aliphatic heterocycles. The molecular weight excluding hydrogens is 306 g/mol. The summed E-state index contributed by atoms with van der Waals surface area (Å²) in [5.74, 6) is 1.57. The molecule has 1 fully saturated rings. The number of carbonyl (C=O) groups is 1. The van der Waals surface area contributed by atoms with Crippen LogP contribution in [0.25, 0.3) is 0 Å². The third-order valence-electron chi connectivity index (χ3n) is 4.98. The van der Waals surface area contributed by atoms with Crippen LogP contribution in [-0.4, -0.2) is 40.1 Å². The molecule has 2 aliphatic rings. The Morgan fingerprint density at radius 2 is 2.25 bits per heavy atom. The number of rotatable bonds is 5. The minimum absolute atomic E-state index is 0.00439. The first-order chi connectivity index (χ1) is 11.6. The average molecular weight is 329 g/mol. The number of amides is 1. The zero-order valence-electron chi connectivity index (χ0n) is 14.2. The molecule has 6 heteroatoms. The van der Waals surface area contributed by atoms with Crippen LogP contribution in [0.5, 0.6) is 0 Å². The number of hydrogen-bond donors (Lipinski definition) is 0. The maximum atomic E-state index is 12.8. The van der Waals surface area contributed by atoms with Gasteiger partial charge in [-0.2, -0.15) is 0 Å². The van der Waals surface area contributed by atoms with Crippen molar-refractivity contribution in [3.05, 3.63) is 41.4 Å². The number of carbonyl (C=O) groups excluding carboxylic acids is 1. The summed E-state index contributed by atoms with van der Waals surface area (Å²) in [4.78, 5) is 19.2. The SMILES string of the molecule is Cc1occc1C(=O)N1Cc2ncn(C)c2C(COCC2CC2)C1. The highest BCUT2D eigenvalue weighted by molar-refractivity contribution is 5.95. The van der Waals surface area contributed by atoms with Crippen molar-refractivity contribution in [3.63, 3.8) is 0 Å². The Morgan fingerprint density at radius 1 is 1.42 bits per heavy atom. The molecule has 0 bridgehead atoms. The van der Waals surface area contributed by atoms with E-state index in [4.69, 9.17) is 9.15 Å². The van der Waals surface area contributed by atoms with E-state index in [2.05, 4.69) is 9.55 Å². The molecule has 1 aliphatic carbocycles. The zero-order chi connectivity index (χ0) is 16.7. The van der Waals surface area contributed by atoms with Gasteiger partial charge < -0.3 is 18.6 Å². The van der Waals surface area contributed by atoms with Crippen LogP contribution in [0.4, 0.5) is 0 Å². The van der Waals surface area contributed by atoms with Crippen molar-refractivity contribution in [3.8, 4) is 0 Å². The maximum Gasteiger partial charge on any atom is 0.257 e. The fraction of sp³-hybridized carbons (Fsp3) is 0.556. The molecule has 128 valence electrons. The van der Waals surface area contributed by atoms with Crippen LogP contribution in [-0.2, 0) is 18.3 Å². The van der Waals surface area contributed by atoms with Crippen LogP contribution in [0.15, 0.2) is 23.1 Å². The molecule has 0 spiro atoms. The second-order valence-corrected chi connectivity index (χ2v) is 6.94. The first-order valence-corrected chi connectivity index (χ1v) is 8.54. The van der Waals surface area contributed by atoms with Crippen LogP contribution in [0.1, 0.15) is 46.3 Å². The second kappa shape index (κ2) is 6.09. The lowest BCUT2D eigenvalue weighted by molar-refractivity contribution is 0.0617. The van der Waals surface area contributed by atoms with E-state index in [0.29, 0.717) is 31.0 Å². The number of aromatic nitrogens is 2. The van der Waals surface area contributed by atoms with E-state index in [0.717, 1.165) is 18.2 Å². The lowest BCUT2D eigenvalue weighted by atomic mass is 9.98. The van der Waals surface area contributed by atoms with Crippen LogP contribution in [0, 0.1) is 12.8 Å². The highest BCUT2D eigenvalue weighted by Crippen LogP contribution is 2.32. The van der Waals surface area contributed by atoms with Gasteiger partial charge in [0.1, 0.15) is 5.76 Å². The smallest absolute Gasteiger partial charge is 0.257 e. The predicted molar refractivity (Wildman–Crippen MR) is 87.7 cm³/mol. The fourth-order valence-electron chi connectivity index (χ4n) is 3.46. The molecule has 1 atom stereocenters. The maximum absolute atomic E-state index is 12.8. The van der Waals surface area contributed by atoms with Gasteiger partial charge in [-0.05, 0) is 31.7 Å². The van der Waals surface area contributed by atoms with Gasteiger partial charge in [0.15, 0.2) is 0 Å². The molecule has 4 rings (SSSR count). The minimum Gasteiger partial charge on any atom is -0.469 e. The summed E-state index contributed by atoms with van der Waals surface area (Å²) in [6.45, 7) is 4.48. The normalized spacial score (nSPS) is 20.2. The average Bonchev–Trinajstić information content (AvgIpc) is 3.18. The first-order valence-electron chi connectivity index (χ1n) is 8.54. The Bertz CT molecular complexity index is 745. The number of hydrogen-bond acceptors (Lipinski definition) is 4. The van der Waals surface area contributed by atoms with Gasteiger partial charge in [0, 0.05) is 31.8 Å². The summed E-state index contributed by atoms with van der Waals surface area (Å²) in [5.41, 5.74) is 2.80. The summed E-state index contributed by atoms with van der Waals surface area (Å²) in [7, 11) is 2.01. The molecule has 0 saturated heterocycles. The number of fused-ring (bicyclic) bond motifs is 1. The summed E-state index contributed by atoms with van der Waals surface area (Å²) in [6.07, 6.45) is 5.96. The number of nitrogens with zero attached hydrogens (tertiary/aromatic N) is 3. The number of aryl methyl sites for hydroxylation is 2. The molecule has 1 amide bonds. The molecular formula is C18H23N3O3. The van der Waals surface area contributed by atoms with E-state index < -0.39 is 0 Å². The van der Waals surface area contributed by atoms with Gasteiger partial charge in [-0.1, -0.05) is 0 Å². The molecule has 0 radical (unpaired) electrons. The van der Waals surface area contributed by atoms with Crippen molar-refractivity contribution in [2.45, 2.75) is 32.2 Å². The van der Waals surface area contributed by atoms with Crippen molar-refractivity contribution >= 4 is 5.91 Å². The van der Waals surface area contributed by atoms with E-state index in [1.807, 2.05) is 25.2 Å². The van der Waals surface area contributed by atoms with E-state index >= 15 is 0 Å². The van der Waals surface area contributed by atoms with E-state index in [9.17, 15) is 4.79 Å². The zero-order valence-corrected chi connectivity index (χ0v) is 14.2. The Kier molecular flexibility index (Phi) is 3.92. The lowest BCUT2D eigenvalue weighted by Gasteiger charge is -2.32. The number of furan rings is 1. The Labute approximate surface area is 141 Å². The van der Waals surface area contributed by atoms with Crippen LogP contribution in [0.3, 0.4) is 0 Å². The van der Waals surface area contributed by atoms with Crippen molar-refractivity contribution < 1.29 is 13.9 Å². The quantitative estimate of drug-likeness (QED) is 0.845. The molecule has 0 N–H and O–H groups in total. The van der Waals surface area contributed by atoms with Gasteiger partial charge in [0.2, 0.25) is 0 Å². The van der Waals surface area contributed by atoms with E-state index in [-0.39, 0.29) is 11.8 Å². The summed E-state index contributed by atoms with van der Waals surface area (Å²) in [6, 6.07) is 1.74. The molecule has 2 aromatic rings. The third kappa shape index (κ3) is 2.86. The molecule has 1 saturated carbocycles. The van der Waals surface area contributed by atoms with Gasteiger partial charge in [0.05, 0.1) is 37.0 Å². The van der Waals surface area contributed by atoms with E-state index in [1.54, 1.807) is 12.3 Å². The standard InChI is InChI=1S/C18H23N3O3/c1-12-15(5-6-24-12)18(22)21-7-14(10-23-9-13-3-4-13)17-16(8-21)19-11-20(17)2/h5-6,11,13-14H,3-4,7-10H2,1-2H3. The van der Waals surface area contributed by atoms with Crippen LogP contribution >= 0.6 is 0 Å². The van der Waals surface area contributed by atoms with Crippen molar-refractivity contribution in [2.24, 2.45) is 13.0 Å². The molecule has 24 heavy (non-hydrogen) atoms. The second-order valence-electron chi connectivity index (χ2n) is 6.94. The van der Waals surface area contributed by atoms with Crippen molar-refractivity contribution in [2.75, 3.05) is 19.8 Å². The molecule has 6 nitrogen and oxygen atoms in total. The largest absolute Gasteiger partial charge is 0.469 e. The lowest BCUT2D eigenvalue weighted by Crippen LogP contribution is -2.40. The first kappa shape index (κ1) is 15.4. The Balaban J connectivity index is 1.53.